The topological polar surface area (TPSA) is 75.3 Å². The van der Waals surface area contributed by atoms with E-state index in [1.165, 1.54) is 46.8 Å². The first kappa shape index (κ1) is 19.0. The van der Waals surface area contributed by atoms with Gasteiger partial charge in [-0.25, -0.2) is 12.8 Å². The van der Waals surface area contributed by atoms with Gasteiger partial charge in [0.2, 0.25) is 0 Å². The molecule has 0 unspecified atom stereocenters. The molecule has 0 saturated heterocycles. The number of nitrogens with one attached hydrogen (secondary N) is 2. The van der Waals surface area contributed by atoms with Crippen molar-refractivity contribution in [3.8, 4) is 0 Å². The number of hydrogen-bond acceptors (Lipinski definition) is 4. The van der Waals surface area contributed by atoms with Crippen LogP contribution in [0.3, 0.4) is 0 Å². The van der Waals surface area contributed by atoms with Crippen LogP contribution in [0.1, 0.15) is 51.4 Å². The molecule has 0 spiro atoms. The number of carbonyl (C=O) groups is 1. The lowest BCUT2D eigenvalue weighted by Gasteiger charge is -2.08. The molecule has 26 heavy (non-hydrogen) atoms. The predicted octanol–water partition coefficient (Wildman–Crippen LogP) is 3.48. The highest BCUT2D eigenvalue weighted by Crippen LogP contribution is 2.28. The van der Waals surface area contributed by atoms with Gasteiger partial charge in [-0.05, 0) is 61.9 Å². The van der Waals surface area contributed by atoms with E-state index in [2.05, 4.69) is 5.43 Å². The lowest BCUT2D eigenvalue weighted by Crippen LogP contribution is -2.41. The largest absolute Gasteiger partial charge is 0.276 e. The molecule has 0 radical (unpaired) electrons. The summed E-state index contributed by atoms with van der Waals surface area (Å²) in [6.45, 7) is 1.55. The number of hydrogen-bond donors (Lipinski definition) is 2. The Morgan fingerprint density at radius 2 is 1.85 bits per heavy atom. The average molecular weight is 397 g/mol. The summed E-state index contributed by atoms with van der Waals surface area (Å²) in [6, 6.07) is 5.45. The number of sulfonamides is 1. The van der Waals surface area contributed by atoms with Crippen LogP contribution in [0.25, 0.3) is 0 Å². The summed E-state index contributed by atoms with van der Waals surface area (Å²) >= 11 is 1.41. The van der Waals surface area contributed by atoms with Crippen LogP contribution in [0.5, 0.6) is 0 Å². The molecule has 2 N–H and O–H groups in total. The molecule has 1 aromatic carbocycles. The van der Waals surface area contributed by atoms with Crippen LogP contribution in [-0.4, -0.2) is 14.3 Å². The van der Waals surface area contributed by atoms with Crippen molar-refractivity contribution >= 4 is 27.3 Å². The van der Waals surface area contributed by atoms with Gasteiger partial charge in [-0.3, -0.25) is 10.2 Å². The Balaban J connectivity index is 1.70. The van der Waals surface area contributed by atoms with Crippen molar-refractivity contribution in [1.82, 2.24) is 10.3 Å². The summed E-state index contributed by atoms with van der Waals surface area (Å²) in [7, 11) is -4.03. The number of thiophene rings is 1. The first-order valence-electron chi connectivity index (χ1n) is 8.57. The average Bonchev–Trinajstić information content (AvgIpc) is 2.97. The predicted molar refractivity (Wildman–Crippen MR) is 99.1 cm³/mol. The Hall–Kier alpha value is -1.77. The summed E-state index contributed by atoms with van der Waals surface area (Å²) < 4.78 is 38.0. The standard InChI is InChI=1S/C18H21FN2O3S2/c1-12-8-9-14(11-15(12)19)26(23,24)21-20-18(22)17-10-13-6-4-2-3-5-7-16(13)25-17/h8-11,21H,2-7H2,1H3,(H,20,22). The maximum Gasteiger partial charge on any atom is 0.276 e. The second-order valence-corrected chi connectivity index (χ2v) is 9.26. The number of fused-ring (bicyclic) bond motifs is 1. The zero-order chi connectivity index (χ0) is 18.7. The van der Waals surface area contributed by atoms with Gasteiger partial charge in [-0.2, -0.15) is 0 Å². The molecular formula is C18H21FN2O3S2. The van der Waals surface area contributed by atoms with Gasteiger partial charge < -0.3 is 0 Å². The van der Waals surface area contributed by atoms with Gasteiger partial charge in [0.05, 0.1) is 9.77 Å². The molecule has 3 rings (SSSR count). The molecule has 0 atom stereocenters. The molecule has 1 heterocycles. The third-order valence-corrected chi connectivity index (χ3v) is 6.95. The number of halogens is 1. The van der Waals surface area contributed by atoms with E-state index in [0.29, 0.717) is 10.4 Å². The Morgan fingerprint density at radius 3 is 2.58 bits per heavy atom. The van der Waals surface area contributed by atoms with Crippen molar-refractivity contribution in [2.75, 3.05) is 0 Å². The number of hydrazine groups is 1. The van der Waals surface area contributed by atoms with E-state index < -0.39 is 21.7 Å². The minimum absolute atomic E-state index is 0.237. The Morgan fingerprint density at radius 1 is 1.12 bits per heavy atom. The fourth-order valence-electron chi connectivity index (χ4n) is 2.93. The van der Waals surface area contributed by atoms with Gasteiger partial charge in [0.25, 0.3) is 15.9 Å². The maximum atomic E-state index is 13.6. The van der Waals surface area contributed by atoms with Crippen molar-refractivity contribution < 1.29 is 17.6 Å². The molecule has 2 aromatic rings. The van der Waals surface area contributed by atoms with E-state index in [1.807, 2.05) is 10.9 Å². The SMILES string of the molecule is Cc1ccc(S(=O)(=O)NNC(=O)c2cc3c(s2)CCCCCC3)cc1F. The third kappa shape index (κ3) is 4.31. The van der Waals surface area contributed by atoms with Gasteiger partial charge in [0.1, 0.15) is 5.82 Å². The van der Waals surface area contributed by atoms with Gasteiger partial charge in [-0.15, -0.1) is 16.2 Å². The summed E-state index contributed by atoms with van der Waals surface area (Å²) in [5.41, 5.74) is 3.76. The number of rotatable bonds is 4. The van der Waals surface area contributed by atoms with Crippen LogP contribution in [-0.2, 0) is 22.9 Å². The molecule has 1 aliphatic rings. The Kier molecular flexibility index (Phi) is 5.74. The molecule has 0 saturated carbocycles. The van der Waals surface area contributed by atoms with Crippen molar-refractivity contribution in [3.05, 3.63) is 51.0 Å². The molecule has 0 aliphatic heterocycles. The first-order chi connectivity index (χ1) is 12.4. The summed E-state index contributed by atoms with van der Waals surface area (Å²) in [5, 5.41) is 0. The molecule has 1 amide bonds. The maximum absolute atomic E-state index is 13.6. The van der Waals surface area contributed by atoms with E-state index in [4.69, 9.17) is 0 Å². The van der Waals surface area contributed by atoms with Gasteiger partial charge >= 0.3 is 0 Å². The highest BCUT2D eigenvalue weighted by Gasteiger charge is 2.19. The van der Waals surface area contributed by atoms with E-state index >= 15 is 0 Å². The lowest BCUT2D eigenvalue weighted by molar-refractivity contribution is 0.0949. The highest BCUT2D eigenvalue weighted by molar-refractivity contribution is 7.89. The normalized spacial score (nSPS) is 15.0. The number of benzene rings is 1. The minimum Gasteiger partial charge on any atom is -0.273 e. The van der Waals surface area contributed by atoms with Crippen LogP contribution in [0.15, 0.2) is 29.2 Å². The number of aryl methyl sites for hydroxylation is 3. The second kappa shape index (κ2) is 7.85. The van der Waals surface area contributed by atoms with Crippen LogP contribution in [0.2, 0.25) is 0 Å². The van der Waals surface area contributed by atoms with Crippen LogP contribution < -0.4 is 10.3 Å². The molecule has 0 bridgehead atoms. The molecule has 0 fully saturated rings. The van der Waals surface area contributed by atoms with Crippen LogP contribution in [0.4, 0.5) is 4.39 Å². The van der Waals surface area contributed by atoms with E-state index in [-0.39, 0.29) is 4.90 Å². The monoisotopic (exact) mass is 396 g/mol. The van der Waals surface area contributed by atoms with E-state index in [9.17, 15) is 17.6 Å². The summed E-state index contributed by atoms with van der Waals surface area (Å²) in [5.74, 6) is -1.12. The summed E-state index contributed by atoms with van der Waals surface area (Å²) in [4.78, 5) is 15.8. The zero-order valence-electron chi connectivity index (χ0n) is 14.5. The quantitative estimate of drug-likeness (QED) is 0.777. The first-order valence-corrected chi connectivity index (χ1v) is 10.9. The molecule has 1 aromatic heterocycles. The molecule has 5 nitrogen and oxygen atoms in total. The number of amides is 1. The van der Waals surface area contributed by atoms with Crippen LogP contribution in [0, 0.1) is 12.7 Å². The Bertz CT molecular complexity index is 897. The van der Waals surface area contributed by atoms with Crippen molar-refractivity contribution in [2.45, 2.75) is 50.3 Å². The third-order valence-electron chi connectivity index (χ3n) is 4.47. The summed E-state index contributed by atoms with van der Waals surface area (Å²) in [6.07, 6.45) is 6.53. The molecule has 1 aliphatic carbocycles. The minimum atomic E-state index is -4.03. The fraction of sp³-hybridized carbons (Fsp3) is 0.389. The Labute approximate surface area is 156 Å². The lowest BCUT2D eigenvalue weighted by atomic mass is 10.00. The van der Waals surface area contributed by atoms with Crippen molar-refractivity contribution in [1.29, 1.82) is 0 Å². The van der Waals surface area contributed by atoms with Crippen LogP contribution >= 0.6 is 11.3 Å². The second-order valence-electron chi connectivity index (χ2n) is 6.44. The van der Waals surface area contributed by atoms with E-state index in [0.717, 1.165) is 31.7 Å². The van der Waals surface area contributed by atoms with E-state index in [1.54, 1.807) is 6.92 Å². The van der Waals surface area contributed by atoms with Gasteiger partial charge in [0, 0.05) is 4.88 Å². The van der Waals surface area contributed by atoms with Crippen molar-refractivity contribution in [2.24, 2.45) is 0 Å². The van der Waals surface area contributed by atoms with Gasteiger partial charge in [0.15, 0.2) is 0 Å². The molecule has 140 valence electrons. The zero-order valence-corrected chi connectivity index (χ0v) is 16.1. The molecular weight excluding hydrogens is 375 g/mol. The highest BCUT2D eigenvalue weighted by atomic mass is 32.2. The fourth-order valence-corrected chi connectivity index (χ4v) is 4.93. The molecule has 8 heteroatoms. The van der Waals surface area contributed by atoms with Gasteiger partial charge in [-0.1, -0.05) is 18.9 Å². The smallest absolute Gasteiger partial charge is 0.273 e. The van der Waals surface area contributed by atoms with Crippen molar-refractivity contribution in [3.63, 3.8) is 0 Å². The number of carbonyl (C=O) groups excluding carboxylic acids is 1.